The first-order chi connectivity index (χ1) is 35.1. The molecule has 1 amide bonds. The van der Waals surface area contributed by atoms with Gasteiger partial charge in [-0.2, -0.15) is 4.98 Å². The number of fused-ring (bicyclic) bond motifs is 3. The molecule has 73 heavy (non-hydrogen) atoms. The Balaban J connectivity index is 0.859. The fourth-order valence-corrected chi connectivity index (χ4v) is 13.3. The summed E-state index contributed by atoms with van der Waals surface area (Å²) in [5.41, 5.74) is 3.19. The second-order valence-corrected chi connectivity index (χ2v) is 23.3. The number of H-pyrrole nitrogens is 1. The zero-order valence-corrected chi connectivity index (χ0v) is 42.6. The Labute approximate surface area is 425 Å². The summed E-state index contributed by atoms with van der Waals surface area (Å²) in [5.74, 6) is 0.587. The van der Waals surface area contributed by atoms with Gasteiger partial charge in [0.25, 0.3) is 21.6 Å². The third-order valence-corrected chi connectivity index (χ3v) is 17.7. The molecule has 1 spiro atoms. The van der Waals surface area contributed by atoms with Crippen molar-refractivity contribution in [2.75, 3.05) is 67.7 Å². The molecule has 3 atom stereocenters. The van der Waals surface area contributed by atoms with E-state index in [9.17, 15) is 28.4 Å². The lowest BCUT2D eigenvalue weighted by molar-refractivity contribution is -0.384. The van der Waals surface area contributed by atoms with Crippen LogP contribution in [0, 0.1) is 21.4 Å². The number of amides is 1. The number of aliphatic hydroxyl groups is 1. The number of hydrogen-bond donors (Lipinski definition) is 4. The van der Waals surface area contributed by atoms with Gasteiger partial charge in [0.1, 0.15) is 28.9 Å². The fraction of sp³-hybridized carbons (Fsp3) is 0.519. The second kappa shape index (κ2) is 19.7. The van der Waals surface area contributed by atoms with Gasteiger partial charge in [-0.15, -0.1) is 0 Å². The van der Waals surface area contributed by atoms with E-state index in [1.54, 1.807) is 12.3 Å². The molecule has 0 unspecified atom stereocenters. The van der Waals surface area contributed by atoms with Crippen molar-refractivity contribution in [1.29, 1.82) is 0 Å². The van der Waals surface area contributed by atoms with Gasteiger partial charge < -0.3 is 44.2 Å². The number of carbonyl (C=O) groups excluding carboxylic acids is 1. The van der Waals surface area contributed by atoms with Gasteiger partial charge in [-0.1, -0.05) is 18.2 Å². The van der Waals surface area contributed by atoms with Gasteiger partial charge in [-0.25, -0.2) is 13.1 Å². The van der Waals surface area contributed by atoms with Crippen LogP contribution in [0.25, 0.3) is 11.0 Å². The number of sulfonamides is 1. The molecule has 388 valence electrons. The van der Waals surface area contributed by atoms with E-state index >= 15 is 0 Å². The van der Waals surface area contributed by atoms with Crippen LogP contribution in [0.2, 0.25) is 0 Å². The number of pyridine rings is 1. The van der Waals surface area contributed by atoms with Crippen LogP contribution in [0.1, 0.15) is 101 Å². The lowest BCUT2D eigenvalue weighted by Crippen LogP contribution is -2.57. The van der Waals surface area contributed by atoms with Crippen molar-refractivity contribution in [3.05, 3.63) is 100 Å². The first-order valence-electron chi connectivity index (χ1n) is 25.9. The molecule has 4 N–H and O–H groups in total. The number of rotatable bonds is 13. The average Bonchev–Trinajstić information content (AvgIpc) is 3.83. The van der Waals surface area contributed by atoms with Crippen LogP contribution in [-0.2, 0) is 19.5 Å². The molecule has 4 aliphatic heterocycles. The van der Waals surface area contributed by atoms with E-state index < -0.39 is 43.1 Å². The minimum atomic E-state index is -4.63. The Kier molecular flexibility index (Phi) is 13.3. The topological polar surface area (TPSA) is 214 Å². The van der Waals surface area contributed by atoms with Crippen molar-refractivity contribution in [1.82, 2.24) is 19.6 Å². The zero-order valence-electron chi connectivity index (χ0n) is 41.8. The highest BCUT2D eigenvalue weighted by molar-refractivity contribution is 7.90. The van der Waals surface area contributed by atoms with Gasteiger partial charge in [-0.05, 0) is 138 Å². The second-order valence-electron chi connectivity index (χ2n) is 21.7. The summed E-state index contributed by atoms with van der Waals surface area (Å²) in [6.07, 6.45) is 9.00. The van der Waals surface area contributed by atoms with Crippen molar-refractivity contribution in [2.24, 2.45) is 11.3 Å². The summed E-state index contributed by atoms with van der Waals surface area (Å²) in [6.45, 7) is 10.9. The smallest absolute Gasteiger partial charge is 0.293 e. The SMILES string of the molecule is CC(C)Oc1ccccc1[C@@H]1COCCN1C1CC2(CCN(c3ccc(C(=O)NS(=O)(=O)c4ccc(NC[C@H]5CC[C@](C)(O)CC5)c([N+](=O)[O-])c4)c(N4c5cc6cc[nH]c6nc5O[C@H]5COCC[C@@H]54)c3)CC2)C1. The standard InChI is InChI=1S/C54H66N8O10S/c1-34(2)71-48-7-5-4-6-40(48)47-32-70-25-23-60(47)38-29-54(30-38)18-21-59(22-19-54)37-8-10-41(44(27-37)61-43-15-24-69-33-49(43)72-52-46(61)26-36-14-20-55-50(36)57-52)51(63)58-73(67,68)39-9-11-42(45(28-39)62(65)66)56-31-35-12-16-53(3,64)17-13-35/h4-11,14,20,26-28,34-35,38,43,47,49,56,64H,12-13,15-19,21-25,29-33H2,1-3H3,(H,55,57)(H,58,63)/t35-,43-,47-,49-,53-/m0/s1. The van der Waals surface area contributed by atoms with Gasteiger partial charge >= 0.3 is 0 Å². The highest BCUT2D eigenvalue weighted by Gasteiger charge is 2.50. The van der Waals surface area contributed by atoms with E-state index in [1.165, 1.54) is 17.7 Å². The number of para-hydroxylation sites is 1. The van der Waals surface area contributed by atoms with Crippen LogP contribution >= 0.6 is 0 Å². The molecule has 3 saturated heterocycles. The maximum absolute atomic E-state index is 14.7. The number of aromatic nitrogens is 2. The first-order valence-corrected chi connectivity index (χ1v) is 27.4. The van der Waals surface area contributed by atoms with Gasteiger partial charge in [0.2, 0.25) is 5.88 Å². The Hall–Kier alpha value is -5.99. The maximum Gasteiger partial charge on any atom is 0.293 e. The minimum absolute atomic E-state index is 0.0663. The molecule has 0 radical (unpaired) electrons. The predicted molar refractivity (Wildman–Crippen MR) is 277 cm³/mol. The van der Waals surface area contributed by atoms with E-state index in [0.29, 0.717) is 81.2 Å². The number of piperidine rings is 1. The van der Waals surface area contributed by atoms with Gasteiger partial charge in [0, 0.05) is 67.7 Å². The largest absolute Gasteiger partial charge is 0.491 e. The third kappa shape index (κ3) is 9.93. The Morgan fingerprint density at radius 1 is 0.959 bits per heavy atom. The number of aromatic amines is 1. The number of nitrogens with zero attached hydrogens (tertiary/aromatic N) is 5. The van der Waals surface area contributed by atoms with Crippen molar-refractivity contribution in [3.63, 3.8) is 0 Å². The number of nitro benzene ring substituents is 1. The zero-order chi connectivity index (χ0) is 50.6. The van der Waals surface area contributed by atoms with Gasteiger partial charge in [0.15, 0.2) is 0 Å². The van der Waals surface area contributed by atoms with Crippen molar-refractivity contribution in [2.45, 2.75) is 119 Å². The first kappa shape index (κ1) is 49.2. The van der Waals surface area contributed by atoms with Crippen LogP contribution in [0.4, 0.5) is 28.4 Å². The van der Waals surface area contributed by atoms with Crippen LogP contribution in [-0.4, -0.2) is 122 Å². The maximum atomic E-state index is 14.7. The molecule has 6 aliphatic rings. The van der Waals surface area contributed by atoms with E-state index in [-0.39, 0.29) is 40.8 Å². The molecule has 11 rings (SSSR count). The number of nitrogens with one attached hydrogen (secondary N) is 3. The molecule has 3 aromatic carbocycles. The molecular formula is C54H66N8O10S. The lowest BCUT2D eigenvalue weighted by Gasteiger charge is -2.57. The molecular weight excluding hydrogens is 953 g/mol. The lowest BCUT2D eigenvalue weighted by atomic mass is 9.59. The van der Waals surface area contributed by atoms with E-state index in [4.69, 9.17) is 23.9 Å². The summed E-state index contributed by atoms with van der Waals surface area (Å²) >= 11 is 0. The van der Waals surface area contributed by atoms with E-state index in [1.807, 2.05) is 37.3 Å². The molecule has 2 aliphatic carbocycles. The molecule has 2 saturated carbocycles. The molecule has 5 aromatic rings. The Morgan fingerprint density at radius 2 is 1.74 bits per heavy atom. The Bertz CT molecular complexity index is 2980. The number of carbonyl (C=O) groups is 1. The predicted octanol–water partition coefficient (Wildman–Crippen LogP) is 8.24. The van der Waals surface area contributed by atoms with Crippen molar-refractivity contribution >= 4 is 55.4 Å². The Morgan fingerprint density at radius 3 is 2.52 bits per heavy atom. The summed E-state index contributed by atoms with van der Waals surface area (Å²) in [6, 6.07) is 21.7. The van der Waals surface area contributed by atoms with E-state index in [2.05, 4.69) is 61.8 Å². The average molecular weight is 1020 g/mol. The molecule has 19 heteroatoms. The van der Waals surface area contributed by atoms with Gasteiger partial charge in [0.05, 0.1) is 64.7 Å². The quantitative estimate of drug-likeness (QED) is 0.0646. The van der Waals surface area contributed by atoms with Crippen LogP contribution in [0.15, 0.2) is 83.9 Å². The molecule has 0 bridgehead atoms. The van der Waals surface area contributed by atoms with E-state index in [0.717, 1.165) is 81.0 Å². The number of morpholine rings is 1. The molecule has 18 nitrogen and oxygen atoms in total. The highest BCUT2D eigenvalue weighted by Crippen LogP contribution is 2.54. The normalized spacial score (nSPS) is 25.4. The van der Waals surface area contributed by atoms with Crippen LogP contribution in [0.3, 0.4) is 0 Å². The van der Waals surface area contributed by atoms with Crippen molar-refractivity contribution in [3.8, 4) is 11.6 Å². The number of benzene rings is 3. The highest BCUT2D eigenvalue weighted by atomic mass is 32.2. The monoisotopic (exact) mass is 1020 g/mol. The van der Waals surface area contributed by atoms with Crippen LogP contribution in [0.5, 0.6) is 11.6 Å². The number of nitro groups is 1. The van der Waals surface area contributed by atoms with Gasteiger partial charge in [-0.3, -0.25) is 19.8 Å². The fourth-order valence-electron chi connectivity index (χ4n) is 12.3. The summed E-state index contributed by atoms with van der Waals surface area (Å²) < 4.78 is 55.4. The summed E-state index contributed by atoms with van der Waals surface area (Å²) in [4.78, 5) is 41.1. The summed E-state index contributed by atoms with van der Waals surface area (Å²) in [5, 5.41) is 26.8. The minimum Gasteiger partial charge on any atom is -0.491 e. The number of hydrogen-bond acceptors (Lipinski definition) is 15. The molecule has 2 aromatic heterocycles. The van der Waals surface area contributed by atoms with Crippen molar-refractivity contribution < 1.29 is 42.2 Å². The molecule has 5 fully saturated rings. The molecule has 6 heterocycles. The number of ether oxygens (including phenoxy) is 4. The van der Waals surface area contributed by atoms with Crippen LogP contribution < -0.4 is 29.3 Å². The third-order valence-electron chi connectivity index (χ3n) is 16.4. The summed E-state index contributed by atoms with van der Waals surface area (Å²) in [7, 11) is -4.63. The number of anilines is 4.